The summed E-state index contributed by atoms with van der Waals surface area (Å²) in [7, 11) is 0. The number of benzene rings is 2. The van der Waals surface area contributed by atoms with Crippen molar-refractivity contribution >= 4 is 27.8 Å². The van der Waals surface area contributed by atoms with E-state index in [2.05, 4.69) is 21.2 Å². The molecular formula is C18H18BrNO4. The molecule has 2 rings (SSSR count). The molecule has 0 saturated carbocycles. The van der Waals surface area contributed by atoms with Gasteiger partial charge in [0.2, 0.25) is 0 Å². The standard InChI is InChI=1S/C18H18BrNO4/c1-12-7-8-16(14(19)9-12)24-11-17(21)20-15(18(22)23)10-13-5-3-2-4-6-13/h2-9,15H,10-11H2,1H3,(H,20,21)(H,22,23). The smallest absolute Gasteiger partial charge is 0.326 e. The van der Waals surface area contributed by atoms with Crippen LogP contribution in [0.5, 0.6) is 5.75 Å². The molecule has 0 saturated heterocycles. The van der Waals surface area contributed by atoms with E-state index in [4.69, 9.17) is 4.74 Å². The second-order valence-electron chi connectivity index (χ2n) is 5.37. The lowest BCUT2D eigenvalue weighted by molar-refractivity contribution is -0.142. The number of hydrogen-bond donors (Lipinski definition) is 2. The van der Waals surface area contributed by atoms with Gasteiger partial charge in [-0.1, -0.05) is 36.4 Å². The Morgan fingerprint density at radius 2 is 1.92 bits per heavy atom. The van der Waals surface area contributed by atoms with Crippen molar-refractivity contribution in [3.63, 3.8) is 0 Å². The Balaban J connectivity index is 1.92. The highest BCUT2D eigenvalue weighted by Gasteiger charge is 2.20. The molecule has 0 fully saturated rings. The van der Waals surface area contributed by atoms with Gasteiger partial charge in [0.05, 0.1) is 4.47 Å². The van der Waals surface area contributed by atoms with Crippen LogP contribution in [-0.2, 0) is 16.0 Å². The van der Waals surface area contributed by atoms with Gasteiger partial charge < -0.3 is 15.2 Å². The number of carbonyl (C=O) groups excluding carboxylic acids is 1. The number of amides is 1. The molecule has 0 bridgehead atoms. The minimum atomic E-state index is -1.08. The van der Waals surface area contributed by atoms with Gasteiger partial charge in [-0.2, -0.15) is 0 Å². The highest BCUT2D eigenvalue weighted by Crippen LogP contribution is 2.25. The van der Waals surface area contributed by atoms with Crippen LogP contribution in [0.25, 0.3) is 0 Å². The number of nitrogens with one attached hydrogen (secondary N) is 1. The Bertz CT molecular complexity index is 718. The highest BCUT2D eigenvalue weighted by atomic mass is 79.9. The molecule has 2 aromatic rings. The molecular weight excluding hydrogens is 374 g/mol. The van der Waals surface area contributed by atoms with Crippen molar-refractivity contribution in [2.45, 2.75) is 19.4 Å². The van der Waals surface area contributed by atoms with E-state index in [9.17, 15) is 14.7 Å². The summed E-state index contributed by atoms with van der Waals surface area (Å²) in [6, 6.07) is 13.7. The molecule has 0 radical (unpaired) electrons. The van der Waals surface area contributed by atoms with Gasteiger partial charge >= 0.3 is 5.97 Å². The summed E-state index contributed by atoms with van der Waals surface area (Å²) in [6.45, 7) is 1.70. The number of carbonyl (C=O) groups is 2. The fourth-order valence-electron chi connectivity index (χ4n) is 2.15. The normalized spacial score (nSPS) is 11.6. The minimum absolute atomic E-state index is 0.218. The first kappa shape index (κ1) is 18.0. The maximum atomic E-state index is 12.0. The molecule has 1 amide bonds. The maximum absolute atomic E-state index is 12.0. The number of hydrogen-bond acceptors (Lipinski definition) is 3. The van der Waals surface area contributed by atoms with Crippen molar-refractivity contribution in [1.82, 2.24) is 5.32 Å². The SMILES string of the molecule is Cc1ccc(OCC(=O)NC(Cc2ccccc2)C(=O)O)c(Br)c1. The van der Waals surface area contributed by atoms with E-state index in [0.29, 0.717) is 5.75 Å². The Kier molecular flexibility index (Phi) is 6.37. The first-order chi connectivity index (χ1) is 11.5. The maximum Gasteiger partial charge on any atom is 0.326 e. The minimum Gasteiger partial charge on any atom is -0.483 e. The second-order valence-corrected chi connectivity index (χ2v) is 6.22. The number of carboxylic acid groups (broad SMARTS) is 1. The van der Waals surface area contributed by atoms with E-state index in [1.165, 1.54) is 0 Å². The number of rotatable bonds is 7. The summed E-state index contributed by atoms with van der Waals surface area (Å²) in [5.41, 5.74) is 1.90. The fraction of sp³-hybridized carbons (Fsp3) is 0.222. The van der Waals surface area contributed by atoms with Crippen LogP contribution in [0.3, 0.4) is 0 Å². The number of halogens is 1. The summed E-state index contributed by atoms with van der Waals surface area (Å²) in [4.78, 5) is 23.3. The molecule has 2 aromatic carbocycles. The zero-order chi connectivity index (χ0) is 17.5. The Morgan fingerprint density at radius 1 is 1.21 bits per heavy atom. The molecule has 0 aromatic heterocycles. The average molecular weight is 392 g/mol. The van der Waals surface area contributed by atoms with Crippen molar-refractivity contribution in [3.8, 4) is 5.75 Å². The van der Waals surface area contributed by atoms with Crippen LogP contribution in [0.2, 0.25) is 0 Å². The first-order valence-electron chi connectivity index (χ1n) is 7.41. The van der Waals surface area contributed by atoms with Crippen LogP contribution in [0.1, 0.15) is 11.1 Å². The lowest BCUT2D eigenvalue weighted by Crippen LogP contribution is -2.44. The summed E-state index contributed by atoms with van der Waals surface area (Å²) in [5, 5.41) is 11.8. The molecule has 0 spiro atoms. The molecule has 6 heteroatoms. The Hall–Kier alpha value is -2.34. The van der Waals surface area contributed by atoms with Gasteiger partial charge in [-0.15, -0.1) is 0 Å². The van der Waals surface area contributed by atoms with Crippen LogP contribution in [0, 0.1) is 6.92 Å². The topological polar surface area (TPSA) is 75.6 Å². The highest BCUT2D eigenvalue weighted by molar-refractivity contribution is 9.10. The lowest BCUT2D eigenvalue weighted by Gasteiger charge is -2.15. The molecule has 24 heavy (non-hydrogen) atoms. The predicted octanol–water partition coefficient (Wildman–Crippen LogP) is 2.95. The molecule has 0 aliphatic rings. The third-order valence-electron chi connectivity index (χ3n) is 3.36. The quantitative estimate of drug-likeness (QED) is 0.760. The Morgan fingerprint density at radius 3 is 2.54 bits per heavy atom. The van der Waals surface area contributed by atoms with Gasteiger partial charge in [0, 0.05) is 6.42 Å². The number of ether oxygens (including phenoxy) is 1. The van der Waals surface area contributed by atoms with Crippen molar-refractivity contribution in [2.24, 2.45) is 0 Å². The van der Waals surface area contributed by atoms with E-state index in [1.807, 2.05) is 49.4 Å². The van der Waals surface area contributed by atoms with E-state index in [0.717, 1.165) is 15.6 Å². The lowest BCUT2D eigenvalue weighted by atomic mass is 10.1. The van der Waals surface area contributed by atoms with Crippen molar-refractivity contribution < 1.29 is 19.4 Å². The number of carboxylic acids is 1. The zero-order valence-corrected chi connectivity index (χ0v) is 14.7. The van der Waals surface area contributed by atoms with Gasteiger partial charge in [0.15, 0.2) is 6.61 Å². The van der Waals surface area contributed by atoms with E-state index < -0.39 is 17.9 Å². The van der Waals surface area contributed by atoms with Gasteiger partial charge in [-0.3, -0.25) is 4.79 Å². The molecule has 2 N–H and O–H groups in total. The van der Waals surface area contributed by atoms with Crippen LogP contribution >= 0.6 is 15.9 Å². The number of aryl methyl sites for hydroxylation is 1. The third-order valence-corrected chi connectivity index (χ3v) is 3.98. The van der Waals surface area contributed by atoms with Crippen molar-refractivity contribution in [3.05, 3.63) is 64.1 Å². The average Bonchev–Trinajstić information content (AvgIpc) is 2.54. The molecule has 0 aliphatic heterocycles. The molecule has 1 unspecified atom stereocenters. The fourth-order valence-corrected chi connectivity index (χ4v) is 2.76. The predicted molar refractivity (Wildman–Crippen MR) is 94.1 cm³/mol. The summed E-state index contributed by atoms with van der Waals surface area (Å²) in [5.74, 6) is -1.03. The van der Waals surface area contributed by atoms with Gasteiger partial charge in [0.25, 0.3) is 5.91 Å². The van der Waals surface area contributed by atoms with E-state index in [1.54, 1.807) is 6.07 Å². The molecule has 126 valence electrons. The van der Waals surface area contributed by atoms with E-state index in [-0.39, 0.29) is 13.0 Å². The van der Waals surface area contributed by atoms with Crippen LogP contribution in [-0.4, -0.2) is 29.6 Å². The van der Waals surface area contributed by atoms with Crippen LogP contribution in [0.15, 0.2) is 53.0 Å². The second kappa shape index (κ2) is 8.49. The van der Waals surface area contributed by atoms with Gasteiger partial charge in [-0.25, -0.2) is 4.79 Å². The van der Waals surface area contributed by atoms with E-state index >= 15 is 0 Å². The molecule has 5 nitrogen and oxygen atoms in total. The monoisotopic (exact) mass is 391 g/mol. The van der Waals surface area contributed by atoms with Crippen LogP contribution in [0.4, 0.5) is 0 Å². The third kappa shape index (κ3) is 5.38. The summed E-state index contributed by atoms with van der Waals surface area (Å²) >= 11 is 3.36. The largest absolute Gasteiger partial charge is 0.483 e. The molecule has 0 aliphatic carbocycles. The number of aliphatic carboxylic acids is 1. The van der Waals surface area contributed by atoms with Gasteiger partial charge in [0.1, 0.15) is 11.8 Å². The molecule has 1 atom stereocenters. The van der Waals surface area contributed by atoms with Crippen molar-refractivity contribution in [1.29, 1.82) is 0 Å². The first-order valence-corrected chi connectivity index (χ1v) is 8.20. The summed E-state index contributed by atoms with van der Waals surface area (Å²) < 4.78 is 6.18. The summed E-state index contributed by atoms with van der Waals surface area (Å²) in [6.07, 6.45) is 0.218. The molecule has 0 heterocycles. The van der Waals surface area contributed by atoms with Crippen LogP contribution < -0.4 is 10.1 Å². The van der Waals surface area contributed by atoms with Gasteiger partial charge in [-0.05, 0) is 46.1 Å². The van der Waals surface area contributed by atoms with Crippen molar-refractivity contribution in [2.75, 3.05) is 6.61 Å². The Labute approximate surface area is 148 Å². The zero-order valence-electron chi connectivity index (χ0n) is 13.2.